The van der Waals surface area contributed by atoms with Gasteiger partial charge in [-0.1, -0.05) is 51.2 Å². The summed E-state index contributed by atoms with van der Waals surface area (Å²) in [5, 5.41) is 8.98. The Kier molecular flexibility index (Phi) is 14.9. The first-order chi connectivity index (χ1) is 12.7. The molecular formula is C22H42NO4+. The van der Waals surface area contributed by atoms with Gasteiger partial charge in [0.1, 0.15) is 6.54 Å². The summed E-state index contributed by atoms with van der Waals surface area (Å²) in [4.78, 5) is 22.9. The normalized spacial score (nSPS) is 13.0. The fourth-order valence-electron chi connectivity index (χ4n) is 3.00. The molecule has 0 heterocycles. The van der Waals surface area contributed by atoms with Crippen LogP contribution in [0, 0.1) is 0 Å². The van der Waals surface area contributed by atoms with Crippen molar-refractivity contribution in [3.63, 3.8) is 0 Å². The van der Waals surface area contributed by atoms with Crippen LogP contribution in [0.4, 0.5) is 0 Å². The number of hydrogen-bond donors (Lipinski definition) is 1. The van der Waals surface area contributed by atoms with E-state index >= 15 is 0 Å². The molecule has 0 radical (unpaired) electrons. The number of unbranched alkanes of at least 4 members (excludes halogenated alkanes) is 8. The molecule has 0 saturated carbocycles. The van der Waals surface area contributed by atoms with Crippen molar-refractivity contribution in [1.82, 2.24) is 0 Å². The molecule has 5 heteroatoms. The lowest BCUT2D eigenvalue weighted by atomic mass is 10.1. The molecule has 0 amide bonds. The zero-order chi connectivity index (χ0) is 20.5. The molecule has 0 rings (SSSR count). The van der Waals surface area contributed by atoms with Crippen LogP contribution in [-0.4, -0.2) is 55.3 Å². The standard InChI is InChI=1S/C22H41NO4/c1-5-6-7-8-9-10-11-12-13-14-15-16-17-22(26)27-20(18-21(24)25)19-23(2,3)4/h11-12,20H,5-10,13-19H2,1-4H3/p+1/b12-11+. The van der Waals surface area contributed by atoms with Crippen molar-refractivity contribution in [3.8, 4) is 0 Å². The first-order valence-corrected chi connectivity index (χ1v) is 10.6. The summed E-state index contributed by atoms with van der Waals surface area (Å²) in [5.74, 6) is -1.21. The summed E-state index contributed by atoms with van der Waals surface area (Å²) in [7, 11) is 5.88. The molecule has 0 spiro atoms. The van der Waals surface area contributed by atoms with Crippen LogP contribution in [0.5, 0.6) is 0 Å². The van der Waals surface area contributed by atoms with E-state index in [1.165, 1.54) is 38.5 Å². The maximum absolute atomic E-state index is 12.0. The topological polar surface area (TPSA) is 63.6 Å². The number of hydrogen-bond acceptors (Lipinski definition) is 3. The predicted octanol–water partition coefficient (Wildman–Crippen LogP) is 4.95. The molecule has 0 saturated heterocycles. The third-order valence-electron chi connectivity index (χ3n) is 4.34. The summed E-state index contributed by atoms with van der Waals surface area (Å²) in [6.45, 7) is 2.74. The van der Waals surface area contributed by atoms with Gasteiger partial charge in [-0.3, -0.25) is 9.59 Å². The van der Waals surface area contributed by atoms with Crippen molar-refractivity contribution >= 4 is 11.9 Å². The van der Waals surface area contributed by atoms with Crippen LogP contribution < -0.4 is 0 Å². The van der Waals surface area contributed by atoms with E-state index in [-0.39, 0.29) is 12.4 Å². The van der Waals surface area contributed by atoms with E-state index in [0.717, 1.165) is 25.7 Å². The second kappa shape index (κ2) is 15.7. The number of esters is 1. The first-order valence-electron chi connectivity index (χ1n) is 10.6. The van der Waals surface area contributed by atoms with Gasteiger partial charge >= 0.3 is 11.9 Å². The zero-order valence-corrected chi connectivity index (χ0v) is 18.0. The second-order valence-corrected chi connectivity index (χ2v) is 8.46. The molecule has 5 nitrogen and oxygen atoms in total. The number of likely N-dealkylation sites (N-methyl/N-ethyl adjacent to an activating group) is 1. The Hall–Kier alpha value is -1.36. The van der Waals surface area contributed by atoms with Crippen LogP contribution in [-0.2, 0) is 14.3 Å². The SMILES string of the molecule is CCCCCCC/C=C/CCCCCC(=O)OC(CC(=O)O)C[N+](C)(C)C. The number of nitrogens with zero attached hydrogens (tertiary/aromatic N) is 1. The van der Waals surface area contributed by atoms with Crippen molar-refractivity contribution < 1.29 is 23.9 Å². The van der Waals surface area contributed by atoms with Gasteiger partial charge in [0.15, 0.2) is 6.10 Å². The summed E-state index contributed by atoms with van der Waals surface area (Å²) in [5.41, 5.74) is 0. The van der Waals surface area contributed by atoms with Crippen LogP contribution in [0.2, 0.25) is 0 Å². The lowest BCUT2D eigenvalue weighted by Gasteiger charge is -2.28. The van der Waals surface area contributed by atoms with Crippen molar-refractivity contribution in [3.05, 3.63) is 12.2 Å². The number of carbonyl (C=O) groups is 2. The Bertz CT molecular complexity index is 427. The third-order valence-corrected chi connectivity index (χ3v) is 4.34. The molecule has 158 valence electrons. The molecule has 1 atom stereocenters. The Morgan fingerprint density at radius 2 is 1.48 bits per heavy atom. The second-order valence-electron chi connectivity index (χ2n) is 8.46. The molecular weight excluding hydrogens is 342 g/mol. The van der Waals surface area contributed by atoms with Crippen LogP contribution in [0.25, 0.3) is 0 Å². The highest BCUT2D eigenvalue weighted by molar-refractivity contribution is 5.71. The third kappa shape index (κ3) is 19.2. The van der Waals surface area contributed by atoms with Gasteiger partial charge in [-0.2, -0.15) is 0 Å². The van der Waals surface area contributed by atoms with E-state index in [2.05, 4.69) is 19.1 Å². The quantitative estimate of drug-likeness (QED) is 0.167. The molecule has 27 heavy (non-hydrogen) atoms. The van der Waals surface area contributed by atoms with Crippen LogP contribution in [0.3, 0.4) is 0 Å². The molecule has 0 bridgehead atoms. The highest BCUT2D eigenvalue weighted by atomic mass is 16.5. The van der Waals surface area contributed by atoms with Gasteiger partial charge in [0, 0.05) is 6.42 Å². The molecule has 1 unspecified atom stereocenters. The smallest absolute Gasteiger partial charge is 0.307 e. The molecule has 0 aliphatic rings. The monoisotopic (exact) mass is 384 g/mol. The zero-order valence-electron chi connectivity index (χ0n) is 18.0. The van der Waals surface area contributed by atoms with E-state index in [1.54, 1.807) is 0 Å². The van der Waals surface area contributed by atoms with E-state index in [0.29, 0.717) is 17.4 Å². The van der Waals surface area contributed by atoms with Crippen LogP contribution in [0.15, 0.2) is 12.2 Å². The Balaban J connectivity index is 3.78. The Morgan fingerprint density at radius 3 is 2.00 bits per heavy atom. The number of rotatable bonds is 17. The van der Waals surface area contributed by atoms with E-state index in [1.807, 2.05) is 21.1 Å². The largest absolute Gasteiger partial charge is 0.481 e. The fourth-order valence-corrected chi connectivity index (χ4v) is 3.00. The summed E-state index contributed by atoms with van der Waals surface area (Å²) >= 11 is 0. The van der Waals surface area contributed by atoms with Gasteiger partial charge in [-0.05, 0) is 32.1 Å². The first kappa shape index (κ1) is 25.6. The molecule has 0 fully saturated rings. The summed E-state index contributed by atoms with van der Waals surface area (Å²) < 4.78 is 5.95. The lowest BCUT2D eigenvalue weighted by Crippen LogP contribution is -2.43. The maximum atomic E-state index is 12.0. The number of carboxylic acid groups (broad SMARTS) is 1. The molecule has 0 aromatic carbocycles. The van der Waals surface area contributed by atoms with Crippen molar-refractivity contribution in [1.29, 1.82) is 0 Å². The van der Waals surface area contributed by atoms with Gasteiger partial charge in [0.25, 0.3) is 0 Å². The Labute approximate surface area is 166 Å². The van der Waals surface area contributed by atoms with Gasteiger partial charge in [0.2, 0.25) is 0 Å². The van der Waals surface area contributed by atoms with E-state index in [4.69, 9.17) is 9.84 Å². The summed E-state index contributed by atoms with van der Waals surface area (Å²) in [6, 6.07) is 0. The van der Waals surface area contributed by atoms with Gasteiger partial charge < -0.3 is 14.3 Å². The van der Waals surface area contributed by atoms with Crippen molar-refractivity contribution in [2.75, 3.05) is 27.7 Å². The summed E-state index contributed by atoms with van der Waals surface area (Å²) in [6.07, 6.45) is 15.9. The Morgan fingerprint density at radius 1 is 0.926 bits per heavy atom. The van der Waals surface area contributed by atoms with Crippen molar-refractivity contribution in [2.45, 2.75) is 90.1 Å². The average molecular weight is 385 g/mol. The van der Waals surface area contributed by atoms with E-state index < -0.39 is 12.1 Å². The van der Waals surface area contributed by atoms with Crippen LogP contribution in [0.1, 0.15) is 84.0 Å². The number of allylic oxidation sites excluding steroid dienone is 2. The minimum atomic E-state index is -0.932. The maximum Gasteiger partial charge on any atom is 0.307 e. The minimum absolute atomic E-state index is 0.134. The number of carbonyl (C=O) groups excluding carboxylic acids is 1. The van der Waals surface area contributed by atoms with Gasteiger partial charge in [-0.15, -0.1) is 0 Å². The number of aliphatic carboxylic acids is 1. The molecule has 0 aliphatic carbocycles. The molecule has 0 aliphatic heterocycles. The average Bonchev–Trinajstić information content (AvgIpc) is 2.53. The highest BCUT2D eigenvalue weighted by Gasteiger charge is 2.24. The van der Waals surface area contributed by atoms with E-state index in [9.17, 15) is 9.59 Å². The highest BCUT2D eigenvalue weighted by Crippen LogP contribution is 2.10. The molecule has 1 N–H and O–H groups in total. The van der Waals surface area contributed by atoms with Crippen molar-refractivity contribution in [2.24, 2.45) is 0 Å². The minimum Gasteiger partial charge on any atom is -0.481 e. The molecule has 0 aromatic heterocycles. The lowest BCUT2D eigenvalue weighted by molar-refractivity contribution is -0.873. The molecule has 0 aromatic rings. The fraction of sp³-hybridized carbons (Fsp3) is 0.818. The van der Waals surface area contributed by atoms with Gasteiger partial charge in [0.05, 0.1) is 27.6 Å². The number of quaternary nitrogens is 1. The predicted molar refractivity (Wildman–Crippen MR) is 111 cm³/mol. The number of ether oxygens (including phenoxy) is 1. The van der Waals surface area contributed by atoms with Gasteiger partial charge in [-0.25, -0.2) is 0 Å². The number of carboxylic acids is 1. The van der Waals surface area contributed by atoms with Crippen LogP contribution >= 0.6 is 0 Å².